The lowest BCUT2D eigenvalue weighted by Crippen LogP contribution is -2.38. The Morgan fingerprint density at radius 1 is 1.13 bits per heavy atom. The number of fused-ring (bicyclic) bond motifs is 1. The molecule has 0 spiro atoms. The molecular weight excluding hydrogens is 392 g/mol. The number of rotatable bonds is 6. The number of pyridine rings is 1. The van der Waals surface area contributed by atoms with E-state index in [4.69, 9.17) is 9.72 Å². The number of carbonyl (C=O) groups is 1. The van der Waals surface area contributed by atoms with Crippen LogP contribution < -0.4 is 15.6 Å². The Morgan fingerprint density at radius 2 is 1.94 bits per heavy atom. The largest absolute Gasteiger partial charge is 0.492 e. The molecule has 0 bridgehead atoms. The first-order chi connectivity index (χ1) is 15.2. The van der Waals surface area contributed by atoms with Gasteiger partial charge in [0.05, 0.1) is 23.9 Å². The van der Waals surface area contributed by atoms with Crippen LogP contribution in [0.25, 0.3) is 11.3 Å². The van der Waals surface area contributed by atoms with Crippen molar-refractivity contribution in [1.29, 1.82) is 0 Å². The van der Waals surface area contributed by atoms with E-state index in [1.54, 1.807) is 29.1 Å². The van der Waals surface area contributed by atoms with Crippen LogP contribution in [0.5, 0.6) is 5.75 Å². The molecule has 1 amide bonds. The topological polar surface area (TPSA) is 86.1 Å². The lowest BCUT2D eigenvalue weighted by molar-refractivity contribution is 0.0923. The van der Waals surface area contributed by atoms with Crippen molar-refractivity contribution in [2.24, 2.45) is 5.92 Å². The van der Waals surface area contributed by atoms with Gasteiger partial charge in [-0.2, -0.15) is 0 Å². The van der Waals surface area contributed by atoms with E-state index >= 15 is 0 Å². The molecule has 0 saturated heterocycles. The molecule has 3 heterocycles. The summed E-state index contributed by atoms with van der Waals surface area (Å²) in [4.78, 5) is 34.7. The van der Waals surface area contributed by atoms with Gasteiger partial charge in [0.2, 0.25) is 0 Å². The molecule has 7 nitrogen and oxygen atoms in total. The molecule has 1 unspecified atom stereocenters. The molecule has 1 aromatic carbocycles. The summed E-state index contributed by atoms with van der Waals surface area (Å²) < 4.78 is 7.56. The minimum Gasteiger partial charge on any atom is -0.492 e. The van der Waals surface area contributed by atoms with Crippen LogP contribution in [0.2, 0.25) is 0 Å². The van der Waals surface area contributed by atoms with Gasteiger partial charge in [-0.25, -0.2) is 4.98 Å². The predicted octanol–water partition coefficient (Wildman–Crippen LogP) is 3.36. The second-order valence-electron chi connectivity index (χ2n) is 8.14. The monoisotopic (exact) mass is 416 g/mol. The fourth-order valence-corrected chi connectivity index (χ4v) is 3.91. The number of carbonyl (C=O) groups excluding carboxylic acids is 1. The zero-order valence-corrected chi connectivity index (χ0v) is 17.2. The summed E-state index contributed by atoms with van der Waals surface area (Å²) in [5.41, 5.74) is 1.81. The average molecular weight is 416 g/mol. The summed E-state index contributed by atoms with van der Waals surface area (Å²) in [7, 11) is 0. The summed E-state index contributed by atoms with van der Waals surface area (Å²) in [5, 5.41) is 3.09. The third-order valence-electron chi connectivity index (χ3n) is 5.81. The molecule has 0 radical (unpaired) electrons. The first-order valence-corrected chi connectivity index (χ1v) is 10.7. The Bertz CT molecular complexity index is 1150. The van der Waals surface area contributed by atoms with Gasteiger partial charge in [0.15, 0.2) is 0 Å². The van der Waals surface area contributed by atoms with Crippen molar-refractivity contribution in [3.05, 3.63) is 76.6 Å². The third kappa shape index (κ3) is 4.21. The number of aromatic nitrogens is 3. The van der Waals surface area contributed by atoms with Crippen molar-refractivity contribution in [3.63, 3.8) is 0 Å². The average Bonchev–Trinajstić information content (AvgIpc) is 3.63. The number of nitrogens with zero attached hydrogens (tertiary/aromatic N) is 3. The van der Waals surface area contributed by atoms with Gasteiger partial charge >= 0.3 is 0 Å². The molecule has 2 aliphatic rings. The highest BCUT2D eigenvalue weighted by Crippen LogP contribution is 2.31. The van der Waals surface area contributed by atoms with Crippen LogP contribution in [0.3, 0.4) is 0 Å². The smallest absolute Gasteiger partial charge is 0.255 e. The van der Waals surface area contributed by atoms with E-state index in [0.717, 1.165) is 18.4 Å². The molecular formula is C24H24N4O3. The van der Waals surface area contributed by atoms with Gasteiger partial charge < -0.3 is 10.1 Å². The number of amides is 1. The van der Waals surface area contributed by atoms with Gasteiger partial charge in [0, 0.05) is 30.6 Å². The van der Waals surface area contributed by atoms with Gasteiger partial charge in [0.1, 0.15) is 11.6 Å². The molecule has 1 fully saturated rings. The Kier molecular flexibility index (Phi) is 5.24. The number of hydrogen-bond donors (Lipinski definition) is 1. The van der Waals surface area contributed by atoms with Crippen LogP contribution in [0.15, 0.2) is 59.7 Å². The summed E-state index contributed by atoms with van der Waals surface area (Å²) in [6.45, 7) is 1.24. The molecule has 1 aliphatic heterocycles. The van der Waals surface area contributed by atoms with Crippen molar-refractivity contribution >= 4 is 5.91 Å². The van der Waals surface area contributed by atoms with Crippen LogP contribution in [0.1, 0.15) is 47.9 Å². The van der Waals surface area contributed by atoms with Crippen LogP contribution in [-0.2, 0) is 6.54 Å². The Labute approximate surface area is 180 Å². The molecule has 31 heavy (non-hydrogen) atoms. The van der Waals surface area contributed by atoms with Crippen LogP contribution in [-0.4, -0.2) is 27.0 Å². The van der Waals surface area contributed by atoms with Crippen molar-refractivity contribution < 1.29 is 9.53 Å². The van der Waals surface area contributed by atoms with Crippen LogP contribution in [0.4, 0.5) is 0 Å². The van der Waals surface area contributed by atoms with Gasteiger partial charge in [-0.05, 0) is 55.9 Å². The quantitative estimate of drug-likeness (QED) is 0.666. The van der Waals surface area contributed by atoms with Gasteiger partial charge in [-0.3, -0.25) is 19.1 Å². The maximum Gasteiger partial charge on any atom is 0.255 e. The van der Waals surface area contributed by atoms with E-state index in [-0.39, 0.29) is 17.5 Å². The first-order valence-electron chi connectivity index (χ1n) is 10.7. The van der Waals surface area contributed by atoms with E-state index in [1.807, 2.05) is 30.3 Å². The van der Waals surface area contributed by atoms with Crippen molar-refractivity contribution in [2.45, 2.75) is 38.3 Å². The number of benzene rings is 1. The second kappa shape index (κ2) is 8.34. The lowest BCUT2D eigenvalue weighted by Gasteiger charge is -2.27. The Morgan fingerprint density at radius 3 is 2.74 bits per heavy atom. The fraction of sp³-hybridized carbons (Fsp3) is 0.333. The fourth-order valence-electron chi connectivity index (χ4n) is 3.91. The molecule has 2 aromatic heterocycles. The zero-order valence-electron chi connectivity index (χ0n) is 17.2. The van der Waals surface area contributed by atoms with E-state index in [2.05, 4.69) is 10.3 Å². The molecule has 3 aromatic rings. The predicted molar refractivity (Wildman–Crippen MR) is 116 cm³/mol. The van der Waals surface area contributed by atoms with E-state index in [1.165, 1.54) is 12.8 Å². The second-order valence-corrected chi connectivity index (χ2v) is 8.14. The number of hydrogen-bond acceptors (Lipinski definition) is 5. The van der Waals surface area contributed by atoms with Gasteiger partial charge in [-0.1, -0.05) is 12.1 Å². The van der Waals surface area contributed by atoms with Crippen molar-refractivity contribution in [3.8, 4) is 17.0 Å². The first kappa shape index (κ1) is 19.5. The highest BCUT2D eigenvalue weighted by Gasteiger charge is 2.27. The van der Waals surface area contributed by atoms with Crippen molar-refractivity contribution in [2.75, 3.05) is 6.61 Å². The lowest BCUT2D eigenvalue weighted by atomic mass is 10.0. The van der Waals surface area contributed by atoms with Crippen molar-refractivity contribution in [1.82, 2.24) is 19.9 Å². The summed E-state index contributed by atoms with van der Waals surface area (Å²) >= 11 is 0. The van der Waals surface area contributed by atoms with Gasteiger partial charge in [0.25, 0.3) is 11.5 Å². The molecule has 1 N–H and O–H groups in total. The highest BCUT2D eigenvalue weighted by atomic mass is 16.5. The minimum absolute atomic E-state index is 0.107. The molecule has 7 heteroatoms. The normalized spacial score (nSPS) is 17.6. The molecule has 158 valence electrons. The Balaban J connectivity index is 1.42. The van der Waals surface area contributed by atoms with E-state index in [0.29, 0.717) is 41.9 Å². The van der Waals surface area contributed by atoms with E-state index in [9.17, 15) is 9.59 Å². The van der Waals surface area contributed by atoms with E-state index < -0.39 is 0 Å². The zero-order chi connectivity index (χ0) is 21.2. The number of nitrogens with one attached hydrogen (secondary N) is 1. The van der Waals surface area contributed by atoms with Gasteiger partial charge in [-0.15, -0.1) is 0 Å². The minimum atomic E-state index is -0.341. The number of para-hydroxylation sites is 1. The molecule has 1 saturated carbocycles. The molecule has 5 rings (SSSR count). The third-order valence-corrected chi connectivity index (χ3v) is 5.81. The SMILES string of the molecule is O=C(NC1CCCn2c1nc(-c1ccncc1)cc2=O)c1ccccc1OCC1CC1. The Hall–Kier alpha value is -3.48. The number of ether oxygens (including phenoxy) is 1. The molecule has 1 atom stereocenters. The summed E-state index contributed by atoms with van der Waals surface area (Å²) in [5.74, 6) is 1.58. The highest BCUT2D eigenvalue weighted by molar-refractivity contribution is 5.97. The summed E-state index contributed by atoms with van der Waals surface area (Å²) in [6.07, 6.45) is 7.25. The van der Waals surface area contributed by atoms with Crippen LogP contribution in [0, 0.1) is 5.92 Å². The summed E-state index contributed by atoms with van der Waals surface area (Å²) in [6, 6.07) is 12.2. The standard InChI is InChI=1S/C24H24N4O3/c29-22-14-20(17-9-11-25-12-10-17)26-23-19(5-3-13-28(22)23)27-24(30)18-4-1-2-6-21(18)31-15-16-7-8-16/h1-2,4,6,9-12,14,16,19H,3,5,7-8,13,15H2,(H,27,30). The molecule has 1 aliphatic carbocycles. The van der Waals surface area contributed by atoms with Crippen LogP contribution >= 0.6 is 0 Å². The maximum absolute atomic E-state index is 13.1. The maximum atomic E-state index is 13.1.